The molecule has 0 amide bonds. The fourth-order valence-electron chi connectivity index (χ4n) is 1.59. The number of hydrogen-bond donors (Lipinski definition) is 1. The van der Waals surface area contributed by atoms with E-state index in [0.29, 0.717) is 12.4 Å². The van der Waals surface area contributed by atoms with Crippen molar-refractivity contribution in [1.29, 1.82) is 0 Å². The highest BCUT2D eigenvalue weighted by molar-refractivity contribution is 5.34. The van der Waals surface area contributed by atoms with E-state index < -0.39 is 6.10 Å². The van der Waals surface area contributed by atoms with Crippen LogP contribution in [0.1, 0.15) is 30.0 Å². The average Bonchev–Trinajstić information content (AvgIpc) is 2.73. The molecule has 0 fully saturated rings. The summed E-state index contributed by atoms with van der Waals surface area (Å²) in [5.41, 5.74) is 1.51. The van der Waals surface area contributed by atoms with E-state index in [1.54, 1.807) is 6.92 Å². The van der Waals surface area contributed by atoms with Crippen LogP contribution in [-0.2, 0) is 6.61 Å². The number of aliphatic hydroxyl groups is 1. The Morgan fingerprint density at radius 3 is 2.82 bits per heavy atom. The van der Waals surface area contributed by atoms with E-state index in [4.69, 9.17) is 9.26 Å². The number of ether oxygens (including phenoxy) is 1. The van der Waals surface area contributed by atoms with Crippen LogP contribution in [0.2, 0.25) is 0 Å². The molecule has 0 spiro atoms. The van der Waals surface area contributed by atoms with Crippen molar-refractivity contribution in [3.63, 3.8) is 0 Å². The molecule has 0 aliphatic heterocycles. The molecule has 1 heterocycles. The molecular weight excluding hydrogens is 218 g/mol. The van der Waals surface area contributed by atoms with Gasteiger partial charge in [-0.05, 0) is 19.9 Å². The van der Waals surface area contributed by atoms with Gasteiger partial charge in [-0.2, -0.15) is 0 Å². The SMILES string of the molecule is Cc1cc(COc2ccccc2C(C)O)no1. The van der Waals surface area contributed by atoms with Crippen molar-refractivity contribution < 1.29 is 14.4 Å². The van der Waals surface area contributed by atoms with E-state index >= 15 is 0 Å². The van der Waals surface area contributed by atoms with Crippen molar-refractivity contribution in [2.45, 2.75) is 26.6 Å². The van der Waals surface area contributed by atoms with Crippen LogP contribution in [-0.4, -0.2) is 10.3 Å². The van der Waals surface area contributed by atoms with Gasteiger partial charge in [0, 0.05) is 11.6 Å². The van der Waals surface area contributed by atoms with E-state index in [2.05, 4.69) is 5.16 Å². The summed E-state index contributed by atoms with van der Waals surface area (Å²) in [5.74, 6) is 1.43. The molecule has 4 heteroatoms. The molecule has 90 valence electrons. The third kappa shape index (κ3) is 2.85. The molecule has 2 aromatic rings. The highest BCUT2D eigenvalue weighted by atomic mass is 16.5. The first-order chi connectivity index (χ1) is 8.16. The molecular formula is C13H15NO3. The summed E-state index contributed by atoms with van der Waals surface area (Å²) in [4.78, 5) is 0. The number of rotatable bonds is 4. The van der Waals surface area contributed by atoms with E-state index in [9.17, 15) is 5.11 Å². The molecule has 17 heavy (non-hydrogen) atoms. The largest absolute Gasteiger partial charge is 0.487 e. The second-order valence-electron chi connectivity index (χ2n) is 3.93. The molecule has 0 aliphatic carbocycles. The zero-order chi connectivity index (χ0) is 12.3. The Hall–Kier alpha value is -1.81. The van der Waals surface area contributed by atoms with Crippen LogP contribution < -0.4 is 4.74 Å². The quantitative estimate of drug-likeness (QED) is 0.881. The predicted molar refractivity (Wildman–Crippen MR) is 62.6 cm³/mol. The van der Waals surface area contributed by atoms with Gasteiger partial charge in [0.2, 0.25) is 0 Å². The average molecular weight is 233 g/mol. The Bertz CT molecular complexity index is 491. The van der Waals surface area contributed by atoms with Gasteiger partial charge in [0.25, 0.3) is 0 Å². The summed E-state index contributed by atoms with van der Waals surface area (Å²) in [6, 6.07) is 9.23. The highest BCUT2D eigenvalue weighted by Gasteiger charge is 2.09. The number of aliphatic hydroxyl groups excluding tert-OH is 1. The summed E-state index contributed by atoms with van der Waals surface area (Å²) >= 11 is 0. The summed E-state index contributed by atoms with van der Waals surface area (Å²) in [6.07, 6.45) is -0.551. The van der Waals surface area contributed by atoms with Crippen LogP contribution in [0.4, 0.5) is 0 Å². The zero-order valence-corrected chi connectivity index (χ0v) is 9.88. The lowest BCUT2D eigenvalue weighted by Gasteiger charge is -2.11. The van der Waals surface area contributed by atoms with Gasteiger partial charge in [-0.3, -0.25) is 0 Å². The first kappa shape index (κ1) is 11.7. The molecule has 0 radical (unpaired) electrons. The lowest BCUT2D eigenvalue weighted by atomic mass is 10.1. The predicted octanol–water partition coefficient (Wildman–Crippen LogP) is 2.62. The molecule has 1 unspecified atom stereocenters. The van der Waals surface area contributed by atoms with Gasteiger partial charge < -0.3 is 14.4 Å². The van der Waals surface area contributed by atoms with Gasteiger partial charge in [0.1, 0.15) is 23.8 Å². The Kier molecular flexibility index (Phi) is 3.44. The van der Waals surface area contributed by atoms with Gasteiger partial charge in [-0.25, -0.2) is 0 Å². The van der Waals surface area contributed by atoms with Gasteiger partial charge in [0.05, 0.1) is 6.10 Å². The highest BCUT2D eigenvalue weighted by Crippen LogP contribution is 2.25. The molecule has 1 atom stereocenters. The van der Waals surface area contributed by atoms with Crippen molar-refractivity contribution in [3.05, 3.63) is 47.3 Å². The molecule has 1 aromatic carbocycles. The Labute approximate surface area is 99.8 Å². The third-order valence-electron chi connectivity index (χ3n) is 2.42. The number of aryl methyl sites for hydroxylation is 1. The van der Waals surface area contributed by atoms with Crippen LogP contribution in [0.3, 0.4) is 0 Å². The number of benzene rings is 1. The number of hydrogen-bond acceptors (Lipinski definition) is 4. The standard InChI is InChI=1S/C13H15NO3/c1-9-7-11(14-17-9)8-16-13-6-4-3-5-12(13)10(2)15/h3-7,10,15H,8H2,1-2H3. The van der Waals surface area contributed by atoms with Crippen LogP contribution in [0.5, 0.6) is 5.75 Å². The molecule has 4 nitrogen and oxygen atoms in total. The minimum absolute atomic E-state index is 0.334. The molecule has 0 aliphatic rings. The fraction of sp³-hybridized carbons (Fsp3) is 0.308. The lowest BCUT2D eigenvalue weighted by molar-refractivity contribution is 0.189. The molecule has 1 N–H and O–H groups in total. The Balaban J connectivity index is 2.08. The second-order valence-corrected chi connectivity index (χ2v) is 3.93. The maximum atomic E-state index is 9.59. The van der Waals surface area contributed by atoms with Crippen molar-refractivity contribution >= 4 is 0 Å². The van der Waals surface area contributed by atoms with E-state index in [1.807, 2.05) is 37.3 Å². The van der Waals surface area contributed by atoms with Crippen LogP contribution in [0.25, 0.3) is 0 Å². The smallest absolute Gasteiger partial charge is 0.134 e. The third-order valence-corrected chi connectivity index (χ3v) is 2.42. The van der Waals surface area contributed by atoms with Crippen LogP contribution >= 0.6 is 0 Å². The van der Waals surface area contributed by atoms with Gasteiger partial charge in [0.15, 0.2) is 0 Å². The summed E-state index contributed by atoms with van der Waals surface area (Å²) in [6.45, 7) is 3.88. The summed E-state index contributed by atoms with van der Waals surface area (Å²) in [7, 11) is 0. The van der Waals surface area contributed by atoms with Crippen molar-refractivity contribution in [2.24, 2.45) is 0 Å². The molecule has 0 saturated carbocycles. The first-order valence-electron chi connectivity index (χ1n) is 5.49. The topological polar surface area (TPSA) is 55.5 Å². The lowest BCUT2D eigenvalue weighted by Crippen LogP contribution is -2.00. The normalized spacial score (nSPS) is 12.4. The van der Waals surface area contributed by atoms with Gasteiger partial charge >= 0.3 is 0 Å². The number of aromatic nitrogens is 1. The fourth-order valence-corrected chi connectivity index (χ4v) is 1.59. The minimum Gasteiger partial charge on any atom is -0.487 e. The maximum absolute atomic E-state index is 9.59. The van der Waals surface area contributed by atoms with E-state index in [1.165, 1.54) is 0 Å². The van der Waals surface area contributed by atoms with Crippen LogP contribution in [0, 0.1) is 6.92 Å². The van der Waals surface area contributed by atoms with Gasteiger partial charge in [-0.15, -0.1) is 0 Å². The monoisotopic (exact) mass is 233 g/mol. The number of nitrogens with zero attached hydrogens (tertiary/aromatic N) is 1. The summed E-state index contributed by atoms with van der Waals surface area (Å²) < 4.78 is 10.6. The van der Waals surface area contributed by atoms with Crippen molar-refractivity contribution in [2.75, 3.05) is 0 Å². The molecule has 0 saturated heterocycles. The zero-order valence-electron chi connectivity index (χ0n) is 9.88. The maximum Gasteiger partial charge on any atom is 0.134 e. The van der Waals surface area contributed by atoms with Crippen molar-refractivity contribution in [1.82, 2.24) is 5.16 Å². The second kappa shape index (κ2) is 5.01. The van der Waals surface area contributed by atoms with Crippen molar-refractivity contribution in [3.8, 4) is 5.75 Å². The molecule has 1 aromatic heterocycles. The minimum atomic E-state index is -0.551. The number of para-hydroxylation sites is 1. The van der Waals surface area contributed by atoms with Crippen LogP contribution in [0.15, 0.2) is 34.9 Å². The van der Waals surface area contributed by atoms with E-state index in [0.717, 1.165) is 17.0 Å². The Morgan fingerprint density at radius 1 is 1.41 bits per heavy atom. The van der Waals surface area contributed by atoms with Gasteiger partial charge in [-0.1, -0.05) is 23.4 Å². The summed E-state index contributed by atoms with van der Waals surface area (Å²) in [5, 5.41) is 13.4. The molecule has 2 rings (SSSR count). The van der Waals surface area contributed by atoms with E-state index in [-0.39, 0.29) is 0 Å². The molecule has 0 bridgehead atoms. The first-order valence-corrected chi connectivity index (χ1v) is 5.49. The Morgan fingerprint density at radius 2 is 2.18 bits per heavy atom.